The molecule has 17 heavy (non-hydrogen) atoms. The Morgan fingerprint density at radius 3 is 2.24 bits per heavy atom. The smallest absolute Gasteiger partial charge is 0.0204 e. The summed E-state index contributed by atoms with van der Waals surface area (Å²) in [6.07, 6.45) is 11.0. The highest BCUT2D eigenvalue weighted by atomic mass is 79.9. The topological polar surface area (TPSA) is 0 Å². The minimum atomic E-state index is 1.22. The van der Waals surface area contributed by atoms with Gasteiger partial charge in [0.2, 0.25) is 0 Å². The third-order valence-electron chi connectivity index (χ3n) is 3.29. The van der Waals surface area contributed by atoms with Crippen LogP contribution in [0.3, 0.4) is 0 Å². The molecule has 96 valence electrons. The van der Waals surface area contributed by atoms with Crippen LogP contribution in [0.2, 0.25) is 0 Å². The van der Waals surface area contributed by atoms with Gasteiger partial charge in [-0.15, -0.1) is 0 Å². The lowest BCUT2D eigenvalue weighted by atomic mass is 10.0. The third-order valence-corrected chi connectivity index (χ3v) is 4.18. The Balaban J connectivity index is 2.11. The molecule has 0 atom stereocenters. The second-order valence-electron chi connectivity index (χ2n) is 4.95. The number of rotatable bonds is 8. The molecule has 0 N–H and O–H groups in total. The number of hydrogen-bond donors (Lipinski definition) is 0. The largest absolute Gasteiger partial charge is 0.0654 e. The lowest BCUT2D eigenvalue weighted by molar-refractivity contribution is 0.589. The zero-order valence-corrected chi connectivity index (χ0v) is 12.9. The Morgan fingerprint density at radius 2 is 1.59 bits per heavy atom. The Bertz CT molecular complexity index is 317. The van der Waals surface area contributed by atoms with Crippen molar-refractivity contribution in [3.63, 3.8) is 0 Å². The first-order valence-corrected chi connectivity index (χ1v) is 7.78. The lowest BCUT2D eigenvalue weighted by Gasteiger charge is -2.04. The molecular weight excluding hydrogens is 272 g/mol. The molecule has 1 aromatic carbocycles. The minimum Gasteiger partial charge on any atom is -0.0654 e. The Kier molecular flexibility index (Phi) is 7.59. The highest BCUT2D eigenvalue weighted by Crippen LogP contribution is 2.18. The molecular formula is C16H25Br. The summed E-state index contributed by atoms with van der Waals surface area (Å²) < 4.78 is 1.22. The lowest BCUT2D eigenvalue weighted by Crippen LogP contribution is -1.88. The first kappa shape index (κ1) is 14.8. The Labute approximate surface area is 115 Å². The van der Waals surface area contributed by atoms with Crippen LogP contribution in [0, 0.1) is 6.92 Å². The molecule has 0 radical (unpaired) electrons. The molecule has 0 nitrogen and oxygen atoms in total. The van der Waals surface area contributed by atoms with Crippen molar-refractivity contribution in [3.8, 4) is 0 Å². The normalized spacial score (nSPS) is 10.8. The van der Waals surface area contributed by atoms with E-state index >= 15 is 0 Å². The van der Waals surface area contributed by atoms with Gasteiger partial charge in [-0.3, -0.25) is 0 Å². The molecule has 0 unspecified atom stereocenters. The van der Waals surface area contributed by atoms with Gasteiger partial charge in [0.25, 0.3) is 0 Å². The van der Waals surface area contributed by atoms with Gasteiger partial charge in [-0.05, 0) is 37.0 Å². The summed E-state index contributed by atoms with van der Waals surface area (Å²) in [5.41, 5.74) is 2.84. The SMILES string of the molecule is CCCCCCCCCc1ccc(Br)c(C)c1. The van der Waals surface area contributed by atoms with Crippen molar-refractivity contribution in [1.82, 2.24) is 0 Å². The number of unbranched alkanes of at least 4 members (excludes halogenated alkanes) is 6. The summed E-state index contributed by atoms with van der Waals surface area (Å²) in [7, 11) is 0. The Hall–Kier alpha value is -0.300. The summed E-state index contributed by atoms with van der Waals surface area (Å²) in [5, 5.41) is 0. The summed E-state index contributed by atoms with van der Waals surface area (Å²) >= 11 is 3.55. The van der Waals surface area contributed by atoms with Crippen molar-refractivity contribution < 1.29 is 0 Å². The van der Waals surface area contributed by atoms with Crippen molar-refractivity contribution in [2.75, 3.05) is 0 Å². The Morgan fingerprint density at radius 1 is 0.941 bits per heavy atom. The molecule has 0 fully saturated rings. The molecule has 0 spiro atoms. The van der Waals surface area contributed by atoms with Crippen molar-refractivity contribution >= 4 is 15.9 Å². The van der Waals surface area contributed by atoms with E-state index in [-0.39, 0.29) is 0 Å². The van der Waals surface area contributed by atoms with Crippen molar-refractivity contribution in [2.24, 2.45) is 0 Å². The first-order valence-electron chi connectivity index (χ1n) is 6.99. The summed E-state index contributed by atoms with van der Waals surface area (Å²) in [5.74, 6) is 0. The van der Waals surface area contributed by atoms with Gasteiger partial charge < -0.3 is 0 Å². The maximum atomic E-state index is 3.55. The minimum absolute atomic E-state index is 1.22. The fraction of sp³-hybridized carbons (Fsp3) is 0.625. The molecule has 0 aliphatic rings. The molecule has 1 rings (SSSR count). The maximum absolute atomic E-state index is 3.55. The van der Waals surface area contributed by atoms with Crippen LogP contribution in [0.5, 0.6) is 0 Å². The van der Waals surface area contributed by atoms with Crippen LogP contribution in [-0.4, -0.2) is 0 Å². The van der Waals surface area contributed by atoms with Crippen molar-refractivity contribution in [2.45, 2.75) is 65.2 Å². The molecule has 1 aromatic rings. The van der Waals surface area contributed by atoms with Gasteiger partial charge in [0.15, 0.2) is 0 Å². The average Bonchev–Trinajstić information content (AvgIpc) is 2.32. The zero-order valence-electron chi connectivity index (χ0n) is 11.3. The molecule has 0 bridgehead atoms. The van der Waals surface area contributed by atoms with Crippen LogP contribution in [0.1, 0.15) is 63.0 Å². The molecule has 0 heterocycles. The first-order chi connectivity index (χ1) is 8.24. The van der Waals surface area contributed by atoms with Crippen LogP contribution < -0.4 is 0 Å². The monoisotopic (exact) mass is 296 g/mol. The van der Waals surface area contributed by atoms with Gasteiger partial charge in [0.1, 0.15) is 0 Å². The number of hydrogen-bond acceptors (Lipinski definition) is 0. The number of aryl methyl sites for hydroxylation is 2. The van der Waals surface area contributed by atoms with Crippen LogP contribution in [0.25, 0.3) is 0 Å². The summed E-state index contributed by atoms with van der Waals surface area (Å²) in [6.45, 7) is 4.44. The van der Waals surface area contributed by atoms with Crippen LogP contribution >= 0.6 is 15.9 Å². The van der Waals surface area contributed by atoms with Crippen molar-refractivity contribution in [1.29, 1.82) is 0 Å². The third kappa shape index (κ3) is 6.26. The van der Waals surface area contributed by atoms with Gasteiger partial charge >= 0.3 is 0 Å². The van der Waals surface area contributed by atoms with E-state index in [2.05, 4.69) is 48.0 Å². The summed E-state index contributed by atoms with van der Waals surface area (Å²) in [6, 6.07) is 6.72. The van der Waals surface area contributed by atoms with Gasteiger partial charge in [0.05, 0.1) is 0 Å². The summed E-state index contributed by atoms with van der Waals surface area (Å²) in [4.78, 5) is 0. The van der Waals surface area contributed by atoms with Crippen LogP contribution in [-0.2, 0) is 6.42 Å². The molecule has 0 aliphatic heterocycles. The molecule has 0 aliphatic carbocycles. The van der Waals surface area contributed by atoms with E-state index in [1.165, 1.54) is 67.0 Å². The maximum Gasteiger partial charge on any atom is 0.0204 e. The van der Waals surface area contributed by atoms with E-state index < -0.39 is 0 Å². The number of benzene rings is 1. The molecule has 0 saturated carbocycles. The molecule has 1 heteroatoms. The highest BCUT2D eigenvalue weighted by molar-refractivity contribution is 9.10. The van der Waals surface area contributed by atoms with E-state index in [1.54, 1.807) is 0 Å². The van der Waals surface area contributed by atoms with Gasteiger partial charge in [0, 0.05) is 4.47 Å². The van der Waals surface area contributed by atoms with Crippen molar-refractivity contribution in [3.05, 3.63) is 33.8 Å². The van der Waals surface area contributed by atoms with E-state index in [0.29, 0.717) is 0 Å². The van der Waals surface area contributed by atoms with Crippen LogP contribution in [0.15, 0.2) is 22.7 Å². The molecule has 0 aromatic heterocycles. The molecule has 0 amide bonds. The fourth-order valence-corrected chi connectivity index (χ4v) is 2.40. The van der Waals surface area contributed by atoms with Gasteiger partial charge in [-0.1, -0.05) is 73.5 Å². The fourth-order valence-electron chi connectivity index (χ4n) is 2.15. The van der Waals surface area contributed by atoms with E-state index in [9.17, 15) is 0 Å². The van der Waals surface area contributed by atoms with E-state index in [4.69, 9.17) is 0 Å². The molecule has 0 saturated heterocycles. The van der Waals surface area contributed by atoms with Crippen LogP contribution in [0.4, 0.5) is 0 Å². The standard InChI is InChI=1S/C16H25Br/c1-3-4-5-6-7-8-9-10-15-11-12-16(17)14(2)13-15/h11-13H,3-10H2,1-2H3. The quantitative estimate of drug-likeness (QED) is 0.512. The predicted octanol–water partition coefficient (Wildman–Crippen LogP) is 6.05. The predicted molar refractivity (Wildman–Crippen MR) is 80.6 cm³/mol. The number of halogens is 1. The van der Waals surface area contributed by atoms with E-state index in [1.807, 2.05) is 0 Å². The highest BCUT2D eigenvalue weighted by Gasteiger charge is 1.97. The van der Waals surface area contributed by atoms with Gasteiger partial charge in [-0.25, -0.2) is 0 Å². The van der Waals surface area contributed by atoms with E-state index in [0.717, 1.165) is 0 Å². The van der Waals surface area contributed by atoms with Gasteiger partial charge in [-0.2, -0.15) is 0 Å². The zero-order chi connectivity index (χ0) is 12.5. The average molecular weight is 297 g/mol. The second-order valence-corrected chi connectivity index (χ2v) is 5.81. The second kappa shape index (κ2) is 8.74.